The molecular weight excluding hydrogens is 232 g/mol. The highest BCUT2D eigenvalue weighted by molar-refractivity contribution is 5.70. The third kappa shape index (κ3) is 3.82. The van der Waals surface area contributed by atoms with Gasteiger partial charge in [-0.25, -0.2) is 0 Å². The number of carbonyl (C=O) groups excluding carboxylic acids is 1. The van der Waals surface area contributed by atoms with Crippen LogP contribution in [0.1, 0.15) is 24.8 Å². The van der Waals surface area contributed by atoms with E-state index in [1.165, 1.54) is 0 Å². The Bertz CT molecular complexity index is 377. The normalized spacial score (nSPS) is 23.6. The van der Waals surface area contributed by atoms with Crippen LogP contribution in [0.25, 0.3) is 0 Å². The van der Waals surface area contributed by atoms with E-state index < -0.39 is 12.2 Å². The van der Waals surface area contributed by atoms with Gasteiger partial charge in [-0.3, -0.25) is 4.79 Å². The van der Waals surface area contributed by atoms with Crippen molar-refractivity contribution in [3.05, 3.63) is 35.9 Å². The van der Waals surface area contributed by atoms with Gasteiger partial charge in [0.2, 0.25) is 0 Å². The Morgan fingerprint density at radius 2 is 2.17 bits per heavy atom. The van der Waals surface area contributed by atoms with Crippen molar-refractivity contribution in [1.82, 2.24) is 0 Å². The van der Waals surface area contributed by atoms with E-state index in [9.17, 15) is 9.90 Å². The van der Waals surface area contributed by atoms with Gasteiger partial charge in [-0.1, -0.05) is 30.3 Å². The Morgan fingerprint density at radius 1 is 1.39 bits per heavy atom. The summed E-state index contributed by atoms with van der Waals surface area (Å²) in [6.45, 7) is 0.871. The van der Waals surface area contributed by atoms with Gasteiger partial charge in [0.1, 0.15) is 6.61 Å². The molecule has 0 amide bonds. The van der Waals surface area contributed by atoms with Crippen LogP contribution in [-0.4, -0.2) is 29.9 Å². The fraction of sp³-hybridized carbons (Fsp3) is 0.500. The first-order valence-corrected chi connectivity index (χ1v) is 6.25. The molecule has 1 fully saturated rings. The molecule has 1 aromatic carbocycles. The molecule has 0 unspecified atom stereocenters. The van der Waals surface area contributed by atoms with Gasteiger partial charge in [0.15, 0.2) is 0 Å². The predicted molar refractivity (Wildman–Crippen MR) is 65.8 cm³/mol. The average molecular weight is 250 g/mol. The van der Waals surface area contributed by atoms with Crippen LogP contribution in [0.3, 0.4) is 0 Å². The lowest BCUT2D eigenvalue weighted by molar-refractivity contribution is -0.153. The Hall–Kier alpha value is -1.39. The van der Waals surface area contributed by atoms with Crippen LogP contribution in [0.5, 0.6) is 0 Å². The highest BCUT2D eigenvalue weighted by atomic mass is 16.5. The quantitative estimate of drug-likeness (QED) is 0.826. The number of hydrogen-bond acceptors (Lipinski definition) is 4. The molecule has 0 bridgehead atoms. The molecule has 0 radical (unpaired) electrons. The lowest BCUT2D eigenvalue weighted by atomic mass is 10.0. The summed E-state index contributed by atoms with van der Waals surface area (Å²) in [6.07, 6.45) is 0.687. The van der Waals surface area contributed by atoms with Crippen molar-refractivity contribution in [2.45, 2.75) is 38.1 Å². The summed E-state index contributed by atoms with van der Waals surface area (Å²) in [7, 11) is 0. The number of aliphatic hydroxyl groups is 1. The zero-order chi connectivity index (χ0) is 12.8. The maximum atomic E-state index is 11.6. The second-order valence-corrected chi connectivity index (χ2v) is 4.47. The fourth-order valence-corrected chi connectivity index (χ4v) is 1.98. The molecular formula is C14H18O4. The number of esters is 1. The lowest BCUT2D eigenvalue weighted by Crippen LogP contribution is -2.36. The maximum absolute atomic E-state index is 11.6. The van der Waals surface area contributed by atoms with E-state index in [0.29, 0.717) is 13.0 Å². The third-order valence-electron chi connectivity index (χ3n) is 3.02. The summed E-state index contributed by atoms with van der Waals surface area (Å²) < 4.78 is 10.5. The fourth-order valence-electron chi connectivity index (χ4n) is 1.98. The standard InChI is InChI=1S/C14H18O4/c15-12-7-4-8-17-13(12)9-14(16)18-10-11-5-2-1-3-6-11/h1-3,5-6,12-13,15H,4,7-10H2/t12-,13-/m1/s1. The van der Waals surface area contributed by atoms with Crippen LogP contribution < -0.4 is 0 Å². The predicted octanol–water partition coefficient (Wildman–Crippen LogP) is 1.66. The molecule has 1 aromatic rings. The van der Waals surface area contributed by atoms with Crippen molar-refractivity contribution in [3.8, 4) is 0 Å². The monoisotopic (exact) mass is 250 g/mol. The molecule has 0 spiro atoms. The van der Waals surface area contributed by atoms with Gasteiger partial charge in [0, 0.05) is 6.61 Å². The molecule has 1 N–H and O–H groups in total. The van der Waals surface area contributed by atoms with Crippen molar-refractivity contribution in [2.24, 2.45) is 0 Å². The van der Waals surface area contributed by atoms with Crippen molar-refractivity contribution in [2.75, 3.05) is 6.61 Å². The third-order valence-corrected chi connectivity index (χ3v) is 3.02. The number of rotatable bonds is 4. The molecule has 0 saturated carbocycles. The molecule has 0 aliphatic carbocycles. The minimum atomic E-state index is -0.553. The van der Waals surface area contributed by atoms with Crippen molar-refractivity contribution >= 4 is 5.97 Å². The van der Waals surface area contributed by atoms with Gasteiger partial charge < -0.3 is 14.6 Å². The summed E-state index contributed by atoms with van der Waals surface area (Å²) in [5.74, 6) is -0.329. The first kappa shape index (κ1) is 13.1. The van der Waals surface area contributed by atoms with Gasteiger partial charge in [-0.2, -0.15) is 0 Å². The van der Waals surface area contributed by atoms with E-state index in [1.54, 1.807) is 0 Å². The van der Waals surface area contributed by atoms with Crippen LogP contribution in [0.4, 0.5) is 0 Å². The minimum absolute atomic E-state index is 0.119. The van der Waals surface area contributed by atoms with Crippen LogP contribution in [0.15, 0.2) is 30.3 Å². The van der Waals surface area contributed by atoms with E-state index in [2.05, 4.69) is 0 Å². The molecule has 98 valence electrons. The highest BCUT2D eigenvalue weighted by Crippen LogP contribution is 2.17. The topological polar surface area (TPSA) is 55.8 Å². The molecule has 18 heavy (non-hydrogen) atoms. The van der Waals surface area contributed by atoms with Crippen LogP contribution in [0.2, 0.25) is 0 Å². The summed E-state index contributed by atoms with van der Waals surface area (Å²) in [5.41, 5.74) is 0.955. The van der Waals surface area contributed by atoms with E-state index in [-0.39, 0.29) is 19.0 Å². The number of hydrogen-bond donors (Lipinski definition) is 1. The summed E-state index contributed by atoms with van der Waals surface area (Å²) >= 11 is 0. The Morgan fingerprint density at radius 3 is 2.89 bits per heavy atom. The Labute approximate surface area is 107 Å². The van der Waals surface area contributed by atoms with Crippen LogP contribution >= 0.6 is 0 Å². The molecule has 0 aromatic heterocycles. The maximum Gasteiger partial charge on any atom is 0.308 e. The van der Waals surface area contributed by atoms with Crippen LogP contribution in [-0.2, 0) is 20.9 Å². The number of ether oxygens (including phenoxy) is 2. The molecule has 1 aliphatic heterocycles. The summed E-state index contributed by atoms with van der Waals surface area (Å²) in [6, 6.07) is 9.52. The summed E-state index contributed by atoms with van der Waals surface area (Å²) in [4.78, 5) is 11.6. The molecule has 1 saturated heterocycles. The number of aliphatic hydroxyl groups excluding tert-OH is 1. The Kier molecular flexibility index (Phi) is 4.73. The second kappa shape index (κ2) is 6.52. The van der Waals surface area contributed by atoms with Crippen molar-refractivity contribution < 1.29 is 19.4 Å². The molecule has 1 aliphatic rings. The lowest BCUT2D eigenvalue weighted by Gasteiger charge is -2.27. The van der Waals surface area contributed by atoms with Gasteiger partial charge >= 0.3 is 5.97 Å². The first-order chi connectivity index (χ1) is 8.75. The van der Waals surface area contributed by atoms with Gasteiger partial charge in [0.05, 0.1) is 18.6 Å². The van der Waals surface area contributed by atoms with Gasteiger partial charge in [0.25, 0.3) is 0 Å². The summed E-state index contributed by atoms with van der Waals surface area (Å²) in [5, 5.41) is 9.67. The van der Waals surface area contributed by atoms with Crippen LogP contribution in [0, 0.1) is 0 Å². The van der Waals surface area contributed by atoms with E-state index in [0.717, 1.165) is 12.0 Å². The molecule has 4 heteroatoms. The second-order valence-electron chi connectivity index (χ2n) is 4.47. The van der Waals surface area contributed by atoms with Crippen molar-refractivity contribution in [1.29, 1.82) is 0 Å². The number of carbonyl (C=O) groups is 1. The zero-order valence-electron chi connectivity index (χ0n) is 10.2. The van der Waals surface area contributed by atoms with Gasteiger partial charge in [-0.15, -0.1) is 0 Å². The van der Waals surface area contributed by atoms with Gasteiger partial charge in [-0.05, 0) is 18.4 Å². The van der Waals surface area contributed by atoms with E-state index in [1.807, 2.05) is 30.3 Å². The molecule has 2 rings (SSSR count). The number of benzene rings is 1. The minimum Gasteiger partial charge on any atom is -0.461 e. The van der Waals surface area contributed by atoms with E-state index >= 15 is 0 Å². The Balaban J connectivity index is 1.75. The largest absolute Gasteiger partial charge is 0.461 e. The molecule has 2 atom stereocenters. The average Bonchev–Trinajstić information content (AvgIpc) is 2.40. The first-order valence-electron chi connectivity index (χ1n) is 6.25. The van der Waals surface area contributed by atoms with E-state index in [4.69, 9.17) is 9.47 Å². The zero-order valence-corrected chi connectivity index (χ0v) is 10.2. The molecule has 1 heterocycles. The SMILES string of the molecule is O=C(C[C@H]1OCCC[C@H]1O)OCc1ccccc1. The smallest absolute Gasteiger partial charge is 0.308 e. The highest BCUT2D eigenvalue weighted by Gasteiger charge is 2.26. The molecule has 4 nitrogen and oxygen atoms in total. The van der Waals surface area contributed by atoms with Crippen molar-refractivity contribution in [3.63, 3.8) is 0 Å².